The monoisotopic (exact) mass is 311 g/mol. The SMILES string of the molecule is CNc1nc(CN2CC[C@]3(OC)CC[C@H](OC)C[C@H]23)cs1. The summed E-state index contributed by atoms with van der Waals surface area (Å²) in [7, 11) is 5.60. The Bertz CT molecular complexity index is 481. The molecule has 1 aliphatic carbocycles. The minimum absolute atomic E-state index is 0.0247. The highest BCUT2D eigenvalue weighted by molar-refractivity contribution is 7.13. The van der Waals surface area contributed by atoms with Crippen LogP contribution in [-0.4, -0.2) is 55.4 Å². The van der Waals surface area contributed by atoms with Crippen LogP contribution in [0.2, 0.25) is 0 Å². The third-order valence-electron chi connectivity index (χ3n) is 5.12. The maximum atomic E-state index is 5.96. The summed E-state index contributed by atoms with van der Waals surface area (Å²) in [6, 6.07) is 0.445. The van der Waals surface area contributed by atoms with Gasteiger partial charge in [-0.15, -0.1) is 11.3 Å². The zero-order valence-electron chi connectivity index (χ0n) is 13.1. The van der Waals surface area contributed by atoms with Gasteiger partial charge in [0.05, 0.1) is 17.4 Å². The van der Waals surface area contributed by atoms with E-state index < -0.39 is 0 Å². The Hall–Kier alpha value is -0.690. The zero-order chi connectivity index (χ0) is 14.9. The van der Waals surface area contributed by atoms with Crippen LogP contribution in [0.3, 0.4) is 0 Å². The van der Waals surface area contributed by atoms with Gasteiger partial charge in [0.25, 0.3) is 0 Å². The number of methoxy groups -OCH3 is 2. The summed E-state index contributed by atoms with van der Waals surface area (Å²) >= 11 is 1.67. The molecule has 1 saturated carbocycles. The summed E-state index contributed by atoms with van der Waals surface area (Å²) in [6.07, 6.45) is 4.75. The molecule has 3 rings (SSSR count). The lowest BCUT2D eigenvalue weighted by molar-refractivity contribution is -0.0948. The van der Waals surface area contributed by atoms with Crippen molar-refractivity contribution in [3.05, 3.63) is 11.1 Å². The molecule has 2 heterocycles. The van der Waals surface area contributed by atoms with Crippen molar-refractivity contribution < 1.29 is 9.47 Å². The van der Waals surface area contributed by atoms with Crippen molar-refractivity contribution in [3.8, 4) is 0 Å². The minimum Gasteiger partial charge on any atom is -0.381 e. The van der Waals surface area contributed by atoms with Crippen LogP contribution in [0.1, 0.15) is 31.4 Å². The Morgan fingerprint density at radius 3 is 3.00 bits per heavy atom. The minimum atomic E-state index is 0.0247. The van der Waals surface area contributed by atoms with E-state index in [0.717, 1.165) is 49.6 Å². The maximum Gasteiger partial charge on any atom is 0.182 e. The Morgan fingerprint density at radius 1 is 1.48 bits per heavy atom. The number of hydrogen-bond donors (Lipinski definition) is 1. The molecule has 5 nitrogen and oxygen atoms in total. The molecule has 118 valence electrons. The average molecular weight is 311 g/mol. The van der Waals surface area contributed by atoms with E-state index in [2.05, 4.69) is 20.6 Å². The van der Waals surface area contributed by atoms with Gasteiger partial charge in [-0.25, -0.2) is 4.98 Å². The maximum absolute atomic E-state index is 5.96. The van der Waals surface area contributed by atoms with E-state index in [4.69, 9.17) is 9.47 Å². The number of rotatable bonds is 5. The fourth-order valence-corrected chi connectivity index (χ4v) is 4.52. The fourth-order valence-electron chi connectivity index (χ4n) is 3.86. The first-order valence-electron chi connectivity index (χ1n) is 7.65. The smallest absolute Gasteiger partial charge is 0.182 e. The van der Waals surface area contributed by atoms with Gasteiger partial charge in [-0.1, -0.05) is 0 Å². The number of aromatic nitrogens is 1. The van der Waals surface area contributed by atoms with E-state index >= 15 is 0 Å². The lowest BCUT2D eigenvalue weighted by Crippen LogP contribution is -2.51. The van der Waals surface area contributed by atoms with Gasteiger partial charge in [0, 0.05) is 45.8 Å². The summed E-state index contributed by atoms with van der Waals surface area (Å²) in [6.45, 7) is 1.99. The third-order valence-corrected chi connectivity index (χ3v) is 6.03. The van der Waals surface area contributed by atoms with Gasteiger partial charge >= 0.3 is 0 Å². The number of fused-ring (bicyclic) bond motifs is 1. The standard InChI is InChI=1S/C15H25N3O2S/c1-16-14-17-11(10-21-14)9-18-7-6-15(20-3)5-4-12(19-2)8-13(15)18/h10,12-13H,4-9H2,1-3H3,(H,16,17)/t12-,13-,15+/m0/s1. The molecular weight excluding hydrogens is 286 g/mol. The van der Waals surface area contributed by atoms with Gasteiger partial charge in [0.1, 0.15) is 0 Å². The predicted octanol–water partition coefficient (Wildman–Crippen LogP) is 2.34. The molecule has 1 aliphatic heterocycles. The van der Waals surface area contributed by atoms with Gasteiger partial charge in [0.15, 0.2) is 5.13 Å². The molecule has 0 spiro atoms. The number of likely N-dealkylation sites (tertiary alicyclic amines) is 1. The molecular formula is C15H25N3O2S. The van der Waals surface area contributed by atoms with Crippen LogP contribution in [0.5, 0.6) is 0 Å². The van der Waals surface area contributed by atoms with Crippen molar-refractivity contribution in [3.63, 3.8) is 0 Å². The molecule has 21 heavy (non-hydrogen) atoms. The molecule has 1 aromatic rings. The molecule has 1 saturated heterocycles. The van der Waals surface area contributed by atoms with Gasteiger partial charge in [-0.3, -0.25) is 4.90 Å². The number of anilines is 1. The van der Waals surface area contributed by atoms with Crippen LogP contribution < -0.4 is 5.32 Å². The summed E-state index contributed by atoms with van der Waals surface area (Å²) < 4.78 is 11.6. The molecule has 2 fully saturated rings. The second-order valence-electron chi connectivity index (χ2n) is 6.03. The van der Waals surface area contributed by atoms with E-state index in [1.807, 2.05) is 21.3 Å². The fraction of sp³-hybridized carbons (Fsp3) is 0.800. The van der Waals surface area contributed by atoms with E-state index in [-0.39, 0.29) is 5.60 Å². The summed E-state index contributed by atoms with van der Waals surface area (Å²) in [5, 5.41) is 6.24. The van der Waals surface area contributed by atoms with Gasteiger partial charge in [0.2, 0.25) is 0 Å². The van der Waals surface area contributed by atoms with Crippen LogP contribution in [-0.2, 0) is 16.0 Å². The lowest BCUT2D eigenvalue weighted by Gasteiger charge is -2.43. The number of hydrogen-bond acceptors (Lipinski definition) is 6. The van der Waals surface area contributed by atoms with E-state index in [1.165, 1.54) is 0 Å². The van der Waals surface area contributed by atoms with Crippen molar-refractivity contribution in [1.29, 1.82) is 0 Å². The second-order valence-corrected chi connectivity index (χ2v) is 6.89. The molecule has 0 radical (unpaired) electrons. The Balaban J connectivity index is 1.73. The predicted molar refractivity (Wildman–Crippen MR) is 84.9 cm³/mol. The normalized spacial score (nSPS) is 33.1. The molecule has 3 atom stereocenters. The highest BCUT2D eigenvalue weighted by atomic mass is 32.1. The first-order chi connectivity index (χ1) is 10.2. The molecule has 1 N–H and O–H groups in total. The van der Waals surface area contributed by atoms with Crippen LogP contribution in [0.4, 0.5) is 5.13 Å². The number of ether oxygens (including phenoxy) is 2. The number of thiazole rings is 1. The molecule has 0 bridgehead atoms. The Morgan fingerprint density at radius 2 is 2.33 bits per heavy atom. The summed E-state index contributed by atoms with van der Waals surface area (Å²) in [4.78, 5) is 7.14. The summed E-state index contributed by atoms with van der Waals surface area (Å²) in [5.41, 5.74) is 1.17. The third kappa shape index (κ3) is 2.82. The van der Waals surface area contributed by atoms with Crippen LogP contribution >= 0.6 is 11.3 Å². The Kier molecular flexibility index (Phi) is 4.49. The average Bonchev–Trinajstić information content (AvgIpc) is 3.12. The summed E-state index contributed by atoms with van der Waals surface area (Å²) in [5.74, 6) is 0. The topological polar surface area (TPSA) is 46.6 Å². The van der Waals surface area contributed by atoms with E-state index in [9.17, 15) is 0 Å². The highest BCUT2D eigenvalue weighted by Gasteiger charge is 2.51. The number of nitrogens with one attached hydrogen (secondary N) is 1. The largest absolute Gasteiger partial charge is 0.381 e. The molecule has 1 aromatic heterocycles. The zero-order valence-corrected chi connectivity index (χ0v) is 13.9. The molecule has 6 heteroatoms. The highest BCUT2D eigenvalue weighted by Crippen LogP contribution is 2.43. The molecule has 0 aromatic carbocycles. The van der Waals surface area contributed by atoms with Gasteiger partial charge in [-0.05, 0) is 25.7 Å². The van der Waals surface area contributed by atoms with Crippen LogP contribution in [0.25, 0.3) is 0 Å². The second kappa shape index (κ2) is 6.20. The molecule has 0 amide bonds. The van der Waals surface area contributed by atoms with Crippen molar-refractivity contribution in [1.82, 2.24) is 9.88 Å². The van der Waals surface area contributed by atoms with Crippen LogP contribution in [0.15, 0.2) is 5.38 Å². The first kappa shape index (κ1) is 15.2. The first-order valence-corrected chi connectivity index (χ1v) is 8.53. The van der Waals surface area contributed by atoms with E-state index in [0.29, 0.717) is 12.1 Å². The number of nitrogens with zero attached hydrogens (tertiary/aromatic N) is 2. The van der Waals surface area contributed by atoms with Gasteiger partial charge < -0.3 is 14.8 Å². The van der Waals surface area contributed by atoms with Crippen molar-refractivity contribution >= 4 is 16.5 Å². The molecule has 2 aliphatic rings. The van der Waals surface area contributed by atoms with Gasteiger partial charge in [-0.2, -0.15) is 0 Å². The van der Waals surface area contributed by atoms with Crippen molar-refractivity contribution in [2.45, 2.75) is 50.0 Å². The van der Waals surface area contributed by atoms with E-state index in [1.54, 1.807) is 11.3 Å². The van der Waals surface area contributed by atoms with Crippen molar-refractivity contribution in [2.75, 3.05) is 33.1 Å². The lowest BCUT2D eigenvalue weighted by atomic mass is 9.79. The Labute approximate surface area is 130 Å². The van der Waals surface area contributed by atoms with Crippen LogP contribution in [0, 0.1) is 0 Å². The van der Waals surface area contributed by atoms with Crippen molar-refractivity contribution in [2.24, 2.45) is 0 Å². The molecule has 0 unspecified atom stereocenters. The quantitative estimate of drug-likeness (QED) is 0.904.